The minimum atomic E-state index is 0.539. The summed E-state index contributed by atoms with van der Waals surface area (Å²) in [5.41, 5.74) is 0. The molecule has 16 heavy (non-hydrogen) atoms. The number of hydrogen-bond donors (Lipinski definition) is 1. The first-order valence-electron chi connectivity index (χ1n) is 6.90. The lowest BCUT2D eigenvalue weighted by Gasteiger charge is -2.37. The van der Waals surface area contributed by atoms with E-state index in [0.29, 0.717) is 18.2 Å². The van der Waals surface area contributed by atoms with Crippen molar-refractivity contribution in [1.29, 1.82) is 0 Å². The van der Waals surface area contributed by atoms with Crippen LogP contribution >= 0.6 is 0 Å². The summed E-state index contributed by atoms with van der Waals surface area (Å²) >= 11 is 0. The fourth-order valence-electron chi connectivity index (χ4n) is 2.88. The molecule has 94 valence electrons. The number of ether oxygens (including phenoxy) is 1. The van der Waals surface area contributed by atoms with Crippen LogP contribution in [0.5, 0.6) is 0 Å². The molecule has 3 unspecified atom stereocenters. The summed E-state index contributed by atoms with van der Waals surface area (Å²) in [7, 11) is 0. The van der Waals surface area contributed by atoms with Crippen molar-refractivity contribution >= 4 is 0 Å². The zero-order valence-corrected chi connectivity index (χ0v) is 10.7. The van der Waals surface area contributed by atoms with Gasteiger partial charge in [-0.3, -0.25) is 4.90 Å². The average molecular weight is 226 g/mol. The van der Waals surface area contributed by atoms with Gasteiger partial charge in [-0.05, 0) is 32.6 Å². The molecule has 2 rings (SSSR count). The van der Waals surface area contributed by atoms with Gasteiger partial charge in [0.15, 0.2) is 0 Å². The molecule has 2 fully saturated rings. The van der Waals surface area contributed by atoms with E-state index in [4.69, 9.17) is 4.74 Å². The van der Waals surface area contributed by atoms with E-state index < -0.39 is 0 Å². The van der Waals surface area contributed by atoms with E-state index in [0.717, 1.165) is 19.7 Å². The lowest BCUT2D eigenvalue weighted by molar-refractivity contribution is -0.0549. The van der Waals surface area contributed by atoms with Crippen LogP contribution in [0.3, 0.4) is 0 Å². The highest BCUT2D eigenvalue weighted by Crippen LogP contribution is 2.29. The average Bonchev–Trinajstić information content (AvgIpc) is 2.77. The fraction of sp³-hybridized carbons (Fsp3) is 1.00. The van der Waals surface area contributed by atoms with Gasteiger partial charge in [0.2, 0.25) is 0 Å². The zero-order valence-electron chi connectivity index (χ0n) is 10.7. The molecular weight excluding hydrogens is 200 g/mol. The second kappa shape index (κ2) is 5.99. The Hall–Kier alpha value is -0.120. The van der Waals surface area contributed by atoms with Crippen LogP contribution in [0, 0.1) is 0 Å². The molecule has 1 saturated heterocycles. The van der Waals surface area contributed by atoms with E-state index in [1.807, 2.05) is 0 Å². The first-order valence-corrected chi connectivity index (χ1v) is 6.90. The quantitative estimate of drug-likeness (QED) is 0.771. The van der Waals surface area contributed by atoms with Gasteiger partial charge in [-0.25, -0.2) is 0 Å². The minimum Gasteiger partial charge on any atom is -0.375 e. The normalized spacial score (nSPS) is 32.6. The summed E-state index contributed by atoms with van der Waals surface area (Å²) in [5, 5.41) is 3.58. The van der Waals surface area contributed by atoms with Crippen LogP contribution in [0.15, 0.2) is 0 Å². The highest BCUT2D eigenvalue weighted by atomic mass is 16.5. The third-order valence-corrected chi connectivity index (χ3v) is 4.10. The summed E-state index contributed by atoms with van der Waals surface area (Å²) < 4.78 is 5.82. The summed E-state index contributed by atoms with van der Waals surface area (Å²) in [6.07, 6.45) is 5.73. The standard InChI is InChI=1S/C13H26N2O/c1-3-11(2)14-7-8-15-9-10-16-13-6-4-5-12(13)15/h11-14H,3-10H2,1-2H3. The molecule has 2 aliphatic rings. The predicted molar refractivity (Wildman–Crippen MR) is 66.7 cm³/mol. The molecule has 0 spiro atoms. The Morgan fingerprint density at radius 2 is 2.31 bits per heavy atom. The van der Waals surface area contributed by atoms with Gasteiger partial charge >= 0.3 is 0 Å². The van der Waals surface area contributed by atoms with Gasteiger partial charge in [0.25, 0.3) is 0 Å². The van der Waals surface area contributed by atoms with Crippen molar-refractivity contribution < 1.29 is 4.74 Å². The van der Waals surface area contributed by atoms with Gasteiger partial charge in [0.05, 0.1) is 12.7 Å². The maximum Gasteiger partial charge on any atom is 0.0730 e. The maximum atomic E-state index is 5.82. The van der Waals surface area contributed by atoms with Gasteiger partial charge in [-0.15, -0.1) is 0 Å². The van der Waals surface area contributed by atoms with Crippen LogP contribution in [0.1, 0.15) is 39.5 Å². The highest BCUT2D eigenvalue weighted by molar-refractivity contribution is 4.89. The second-order valence-electron chi connectivity index (χ2n) is 5.21. The molecule has 1 heterocycles. The van der Waals surface area contributed by atoms with Crippen LogP contribution < -0.4 is 5.32 Å². The first kappa shape index (κ1) is 12.3. The number of nitrogens with zero attached hydrogens (tertiary/aromatic N) is 1. The predicted octanol–water partition coefficient (Wildman–Crippen LogP) is 1.63. The molecule has 1 aliphatic carbocycles. The van der Waals surface area contributed by atoms with Crippen LogP contribution in [0.2, 0.25) is 0 Å². The third-order valence-electron chi connectivity index (χ3n) is 4.10. The van der Waals surface area contributed by atoms with Crippen molar-refractivity contribution in [3.63, 3.8) is 0 Å². The summed E-state index contributed by atoms with van der Waals surface area (Å²) in [6, 6.07) is 1.37. The van der Waals surface area contributed by atoms with E-state index >= 15 is 0 Å². The Morgan fingerprint density at radius 3 is 3.12 bits per heavy atom. The van der Waals surface area contributed by atoms with Gasteiger partial charge in [-0.2, -0.15) is 0 Å². The number of morpholine rings is 1. The van der Waals surface area contributed by atoms with Crippen molar-refractivity contribution in [1.82, 2.24) is 10.2 Å². The molecule has 1 N–H and O–H groups in total. The van der Waals surface area contributed by atoms with Gasteiger partial charge in [-0.1, -0.05) is 6.92 Å². The lowest BCUT2D eigenvalue weighted by Crippen LogP contribution is -2.50. The van der Waals surface area contributed by atoms with E-state index in [9.17, 15) is 0 Å². The highest BCUT2D eigenvalue weighted by Gasteiger charge is 2.35. The molecule has 3 nitrogen and oxygen atoms in total. The van der Waals surface area contributed by atoms with Gasteiger partial charge in [0, 0.05) is 31.7 Å². The first-order chi connectivity index (χ1) is 7.81. The Balaban J connectivity index is 1.71. The van der Waals surface area contributed by atoms with E-state index in [1.165, 1.54) is 32.2 Å². The second-order valence-corrected chi connectivity index (χ2v) is 5.21. The summed E-state index contributed by atoms with van der Waals surface area (Å²) in [4.78, 5) is 2.64. The number of fused-ring (bicyclic) bond motifs is 1. The summed E-state index contributed by atoms with van der Waals surface area (Å²) in [5.74, 6) is 0. The molecule has 0 radical (unpaired) electrons. The molecule has 0 aromatic rings. The van der Waals surface area contributed by atoms with Crippen molar-refractivity contribution in [3.05, 3.63) is 0 Å². The molecule has 0 amide bonds. The molecule has 0 aromatic carbocycles. The lowest BCUT2D eigenvalue weighted by atomic mass is 10.1. The van der Waals surface area contributed by atoms with Crippen molar-refractivity contribution in [2.45, 2.75) is 57.7 Å². The van der Waals surface area contributed by atoms with Crippen LogP contribution in [0.4, 0.5) is 0 Å². The summed E-state index contributed by atoms with van der Waals surface area (Å²) in [6.45, 7) is 8.87. The Labute approximate surface area is 99.5 Å². The molecule has 0 bridgehead atoms. The molecule has 3 atom stereocenters. The smallest absolute Gasteiger partial charge is 0.0730 e. The number of nitrogens with one attached hydrogen (secondary N) is 1. The van der Waals surface area contributed by atoms with Crippen LogP contribution in [-0.2, 0) is 4.74 Å². The van der Waals surface area contributed by atoms with Crippen molar-refractivity contribution in [2.24, 2.45) is 0 Å². The van der Waals surface area contributed by atoms with Crippen LogP contribution in [0.25, 0.3) is 0 Å². The van der Waals surface area contributed by atoms with Gasteiger partial charge < -0.3 is 10.1 Å². The van der Waals surface area contributed by atoms with Crippen molar-refractivity contribution in [3.8, 4) is 0 Å². The Bertz CT molecular complexity index is 210. The van der Waals surface area contributed by atoms with Crippen LogP contribution in [-0.4, -0.2) is 49.3 Å². The number of hydrogen-bond acceptors (Lipinski definition) is 3. The molecular formula is C13H26N2O. The molecule has 1 aliphatic heterocycles. The zero-order chi connectivity index (χ0) is 11.4. The monoisotopic (exact) mass is 226 g/mol. The third kappa shape index (κ3) is 2.96. The Kier molecular flexibility index (Phi) is 4.62. The van der Waals surface area contributed by atoms with E-state index in [1.54, 1.807) is 0 Å². The molecule has 3 heteroatoms. The Morgan fingerprint density at radius 1 is 1.44 bits per heavy atom. The molecule has 0 aromatic heterocycles. The van der Waals surface area contributed by atoms with E-state index in [2.05, 4.69) is 24.1 Å². The molecule has 1 saturated carbocycles. The fourth-order valence-corrected chi connectivity index (χ4v) is 2.88. The SMILES string of the molecule is CCC(C)NCCN1CCOC2CCCC21. The van der Waals surface area contributed by atoms with Gasteiger partial charge in [0.1, 0.15) is 0 Å². The number of rotatable bonds is 5. The largest absolute Gasteiger partial charge is 0.375 e. The van der Waals surface area contributed by atoms with Crippen molar-refractivity contribution in [2.75, 3.05) is 26.2 Å². The topological polar surface area (TPSA) is 24.5 Å². The minimum absolute atomic E-state index is 0.539. The maximum absolute atomic E-state index is 5.82. The van der Waals surface area contributed by atoms with E-state index in [-0.39, 0.29) is 0 Å².